The molecule has 0 saturated carbocycles. The van der Waals surface area contributed by atoms with Gasteiger partial charge in [0, 0.05) is 6.54 Å². The minimum atomic E-state index is -4.37. The third-order valence-corrected chi connectivity index (χ3v) is 7.60. The summed E-state index contributed by atoms with van der Waals surface area (Å²) >= 11 is 0. The lowest BCUT2D eigenvalue weighted by molar-refractivity contribution is -0.124. The maximum absolute atomic E-state index is 12.6. The van der Waals surface area contributed by atoms with Crippen molar-refractivity contribution in [3.63, 3.8) is 0 Å². The van der Waals surface area contributed by atoms with E-state index in [-0.39, 0.29) is 19.6 Å². The fourth-order valence-corrected chi connectivity index (χ4v) is 4.99. The zero-order valence-corrected chi connectivity index (χ0v) is 26.1. The molecule has 0 aliphatic heterocycles. The van der Waals surface area contributed by atoms with Gasteiger partial charge in [-0.1, -0.05) is 115 Å². The number of aliphatic hydroxyl groups is 2. The van der Waals surface area contributed by atoms with Gasteiger partial charge in [-0.3, -0.25) is 13.8 Å². The molecule has 0 bridgehead atoms. The van der Waals surface area contributed by atoms with E-state index in [1.165, 1.54) is 57.8 Å². The Morgan fingerprint density at radius 2 is 1.48 bits per heavy atom. The smallest absolute Gasteiger partial charge is 0.391 e. The normalized spacial score (nSPS) is 15.8. The van der Waals surface area contributed by atoms with Crippen LogP contribution in [0.1, 0.15) is 123 Å². The molecular formula is C30H59N2O7P. The summed E-state index contributed by atoms with van der Waals surface area (Å²) in [4.78, 5) is 22.4. The predicted octanol–water partition coefficient (Wildman–Crippen LogP) is 6.07. The van der Waals surface area contributed by atoms with Crippen LogP contribution in [0, 0.1) is 0 Å². The number of unbranched alkanes of at least 4 members (excludes halogenated alkanes) is 12. The van der Waals surface area contributed by atoms with Gasteiger partial charge >= 0.3 is 7.82 Å². The van der Waals surface area contributed by atoms with Crippen molar-refractivity contribution in [3.05, 3.63) is 24.3 Å². The van der Waals surface area contributed by atoms with Gasteiger partial charge in [0.1, 0.15) is 0 Å². The molecule has 4 unspecified atom stereocenters. The van der Waals surface area contributed by atoms with E-state index >= 15 is 0 Å². The van der Waals surface area contributed by atoms with Crippen LogP contribution in [0.15, 0.2) is 24.3 Å². The first-order valence-corrected chi connectivity index (χ1v) is 17.0. The van der Waals surface area contributed by atoms with Crippen molar-refractivity contribution >= 4 is 13.7 Å². The van der Waals surface area contributed by atoms with E-state index < -0.39 is 38.6 Å². The van der Waals surface area contributed by atoms with E-state index in [1.807, 2.05) is 6.08 Å². The average Bonchev–Trinajstić information content (AvgIpc) is 2.92. The molecule has 0 fully saturated rings. The molecule has 0 rings (SSSR count). The summed E-state index contributed by atoms with van der Waals surface area (Å²) in [6, 6.07) is -0.921. The lowest BCUT2D eigenvalue weighted by Crippen LogP contribution is -2.47. The Morgan fingerprint density at radius 3 is 2.10 bits per heavy atom. The summed E-state index contributed by atoms with van der Waals surface area (Å²) in [5, 5.41) is 23.6. The molecule has 4 atom stereocenters. The van der Waals surface area contributed by atoms with Crippen molar-refractivity contribution in [3.8, 4) is 0 Å². The summed E-state index contributed by atoms with van der Waals surface area (Å²) < 4.78 is 21.8. The molecule has 10 heteroatoms. The van der Waals surface area contributed by atoms with Crippen molar-refractivity contribution < 1.29 is 33.5 Å². The van der Waals surface area contributed by atoms with E-state index in [0.717, 1.165) is 32.1 Å². The number of aliphatic hydroxyl groups excluding tert-OH is 2. The molecule has 0 aromatic carbocycles. The summed E-state index contributed by atoms with van der Waals surface area (Å²) in [5.74, 6) is -0.487. The SMILES string of the molecule is CCCCCCCC/C=C\C/C=C\C(O)CC(=O)NC(COP(=O)(O)OCCN)C(O)CCCCCCCCC. The molecule has 0 heterocycles. The Balaban J connectivity index is 4.60. The number of phosphoric ester groups is 1. The number of allylic oxidation sites excluding steroid dienone is 3. The number of nitrogens with two attached hydrogens (primary N) is 1. The van der Waals surface area contributed by atoms with Gasteiger partial charge in [-0.2, -0.15) is 0 Å². The van der Waals surface area contributed by atoms with E-state index in [2.05, 4.69) is 31.3 Å². The minimum absolute atomic E-state index is 0.0509. The lowest BCUT2D eigenvalue weighted by atomic mass is 10.0. The van der Waals surface area contributed by atoms with Crippen LogP contribution in [0.3, 0.4) is 0 Å². The Morgan fingerprint density at radius 1 is 0.875 bits per heavy atom. The van der Waals surface area contributed by atoms with Crippen LogP contribution in [0.4, 0.5) is 0 Å². The van der Waals surface area contributed by atoms with Crippen molar-refractivity contribution in [1.29, 1.82) is 0 Å². The summed E-state index contributed by atoms with van der Waals surface area (Å²) in [6.07, 6.45) is 22.8. The second-order valence-electron chi connectivity index (χ2n) is 10.5. The highest BCUT2D eigenvalue weighted by atomic mass is 31.2. The van der Waals surface area contributed by atoms with E-state index in [9.17, 15) is 24.5 Å². The summed E-state index contributed by atoms with van der Waals surface area (Å²) in [6.45, 7) is 3.88. The number of phosphoric acid groups is 1. The molecule has 0 aromatic rings. The molecule has 0 aliphatic rings. The van der Waals surface area contributed by atoms with Crippen molar-refractivity contribution in [2.75, 3.05) is 19.8 Å². The Hall–Kier alpha value is -1.06. The first kappa shape index (κ1) is 38.9. The molecular weight excluding hydrogens is 531 g/mol. The van der Waals surface area contributed by atoms with Gasteiger partial charge < -0.3 is 26.2 Å². The largest absolute Gasteiger partial charge is 0.472 e. The molecule has 236 valence electrons. The van der Waals surface area contributed by atoms with Gasteiger partial charge in [-0.25, -0.2) is 4.57 Å². The number of amides is 1. The van der Waals surface area contributed by atoms with Crippen LogP contribution in [-0.2, 0) is 18.4 Å². The fourth-order valence-electron chi connectivity index (χ4n) is 4.24. The molecule has 1 amide bonds. The van der Waals surface area contributed by atoms with Crippen molar-refractivity contribution in [2.45, 2.75) is 141 Å². The molecule has 0 saturated heterocycles. The van der Waals surface area contributed by atoms with Gasteiger partial charge in [0.2, 0.25) is 5.91 Å². The first-order valence-electron chi connectivity index (χ1n) is 15.5. The van der Waals surface area contributed by atoms with Gasteiger partial charge in [0.15, 0.2) is 0 Å². The van der Waals surface area contributed by atoms with Crippen LogP contribution >= 0.6 is 7.82 Å². The third kappa shape index (κ3) is 24.7. The second kappa shape index (κ2) is 26.8. The highest BCUT2D eigenvalue weighted by Gasteiger charge is 2.28. The van der Waals surface area contributed by atoms with Gasteiger partial charge in [-0.15, -0.1) is 0 Å². The Labute approximate surface area is 243 Å². The molecule has 0 spiro atoms. The highest BCUT2D eigenvalue weighted by Crippen LogP contribution is 2.43. The zero-order chi connectivity index (χ0) is 29.9. The number of rotatable bonds is 28. The summed E-state index contributed by atoms with van der Waals surface area (Å²) in [5.41, 5.74) is 5.30. The Bertz CT molecular complexity index is 706. The van der Waals surface area contributed by atoms with Crippen LogP contribution < -0.4 is 11.1 Å². The third-order valence-electron chi connectivity index (χ3n) is 6.62. The van der Waals surface area contributed by atoms with E-state index in [0.29, 0.717) is 12.8 Å². The van der Waals surface area contributed by atoms with E-state index in [1.54, 1.807) is 6.08 Å². The highest BCUT2D eigenvalue weighted by molar-refractivity contribution is 7.47. The number of hydrogen-bond acceptors (Lipinski definition) is 7. The molecule has 9 nitrogen and oxygen atoms in total. The number of nitrogens with one attached hydrogen (secondary N) is 1. The second-order valence-corrected chi connectivity index (χ2v) is 12.0. The van der Waals surface area contributed by atoms with Crippen molar-refractivity contribution in [1.82, 2.24) is 5.32 Å². The van der Waals surface area contributed by atoms with Gasteiger partial charge in [0.05, 0.1) is 37.9 Å². The number of carbonyl (C=O) groups excluding carboxylic acids is 1. The minimum Gasteiger partial charge on any atom is -0.391 e. The lowest BCUT2D eigenvalue weighted by Gasteiger charge is -2.25. The molecule has 6 N–H and O–H groups in total. The van der Waals surface area contributed by atoms with E-state index in [4.69, 9.17) is 14.8 Å². The van der Waals surface area contributed by atoms with Gasteiger partial charge in [-0.05, 0) is 25.7 Å². The van der Waals surface area contributed by atoms with Crippen molar-refractivity contribution in [2.24, 2.45) is 5.73 Å². The topological polar surface area (TPSA) is 151 Å². The molecule has 0 aromatic heterocycles. The number of carbonyl (C=O) groups is 1. The molecule has 0 aliphatic carbocycles. The first-order chi connectivity index (χ1) is 19.3. The maximum atomic E-state index is 12.6. The molecule has 0 radical (unpaired) electrons. The van der Waals surface area contributed by atoms with Crippen LogP contribution in [0.2, 0.25) is 0 Å². The monoisotopic (exact) mass is 590 g/mol. The van der Waals surface area contributed by atoms with Crippen LogP contribution in [0.5, 0.6) is 0 Å². The predicted molar refractivity (Wildman–Crippen MR) is 163 cm³/mol. The zero-order valence-electron chi connectivity index (χ0n) is 25.2. The maximum Gasteiger partial charge on any atom is 0.472 e. The number of hydrogen-bond donors (Lipinski definition) is 5. The Kier molecular flexibility index (Phi) is 26.1. The van der Waals surface area contributed by atoms with Crippen LogP contribution in [-0.4, -0.2) is 59.0 Å². The fraction of sp³-hybridized carbons (Fsp3) is 0.833. The quantitative estimate of drug-likeness (QED) is 0.0418. The summed E-state index contributed by atoms with van der Waals surface area (Å²) in [7, 11) is -4.37. The van der Waals surface area contributed by atoms with Gasteiger partial charge in [0.25, 0.3) is 0 Å². The van der Waals surface area contributed by atoms with Crippen LogP contribution in [0.25, 0.3) is 0 Å². The molecule has 40 heavy (non-hydrogen) atoms. The standard InChI is InChI=1S/C30H59N2O7P/c1-3-5-7-9-11-12-13-14-16-17-19-21-27(33)25-30(35)32-28(26-39-40(36,37)38-24-23-31)29(34)22-20-18-15-10-8-6-4-2/h14,16,19,21,27-29,33-34H,3-13,15,17-18,20,22-26,31H2,1-2H3,(H,32,35)(H,36,37)/b16-14-,21-19-. The average molecular weight is 591 g/mol.